The number of para-hydroxylation sites is 1. The first kappa shape index (κ1) is 26.5. The van der Waals surface area contributed by atoms with Gasteiger partial charge in [-0.15, -0.1) is 60.2 Å². The van der Waals surface area contributed by atoms with E-state index in [1.54, 1.807) is 49.1 Å². The van der Waals surface area contributed by atoms with Crippen LogP contribution in [-0.2, 0) is 20.1 Å². The number of aromatic hydroxyl groups is 1. The summed E-state index contributed by atoms with van der Waals surface area (Å²) in [5.74, 6) is 1.54. The molecule has 3 heterocycles. The zero-order chi connectivity index (χ0) is 25.3. The Kier molecular flexibility index (Phi) is 9.13. The van der Waals surface area contributed by atoms with Gasteiger partial charge in [-0.05, 0) is 36.0 Å². The van der Waals surface area contributed by atoms with Crippen LogP contribution < -0.4 is 0 Å². The van der Waals surface area contributed by atoms with E-state index in [0.29, 0.717) is 11.6 Å². The van der Waals surface area contributed by atoms with E-state index >= 15 is 0 Å². The molecule has 6 aromatic rings. The van der Waals surface area contributed by atoms with Gasteiger partial charge in [0.05, 0.1) is 17.3 Å². The monoisotopic (exact) mass is 672 g/mol. The number of pyridine rings is 1. The molecule has 1 N–H and O–H groups in total. The smallest absolute Gasteiger partial charge is 0.124 e. The normalized spacial score (nSPS) is 10.0. The summed E-state index contributed by atoms with van der Waals surface area (Å²) >= 11 is 0. The molecule has 6 rings (SSSR count). The second-order valence-electron chi connectivity index (χ2n) is 7.82. The van der Waals surface area contributed by atoms with Gasteiger partial charge >= 0.3 is 0 Å². The van der Waals surface area contributed by atoms with Crippen LogP contribution in [-0.4, -0.2) is 30.0 Å². The molecule has 0 fully saturated rings. The summed E-state index contributed by atoms with van der Waals surface area (Å²) in [7, 11) is 0. The van der Waals surface area contributed by atoms with Crippen LogP contribution >= 0.6 is 0 Å². The molecular formula is C31H21IrN5O-2. The van der Waals surface area contributed by atoms with Crippen molar-refractivity contribution in [3.8, 4) is 51.0 Å². The number of hydrogen-bond donors (Lipinski definition) is 1. The summed E-state index contributed by atoms with van der Waals surface area (Å²) in [4.78, 5) is 21.4. The van der Waals surface area contributed by atoms with Crippen molar-refractivity contribution in [1.82, 2.24) is 24.9 Å². The predicted molar refractivity (Wildman–Crippen MR) is 143 cm³/mol. The second-order valence-corrected chi connectivity index (χ2v) is 7.82. The average molecular weight is 672 g/mol. The number of phenols is 1. The Labute approximate surface area is 234 Å². The predicted octanol–water partition coefficient (Wildman–Crippen LogP) is 6.32. The van der Waals surface area contributed by atoms with Crippen molar-refractivity contribution in [2.24, 2.45) is 0 Å². The van der Waals surface area contributed by atoms with Crippen LogP contribution in [0.1, 0.15) is 0 Å². The summed E-state index contributed by atoms with van der Waals surface area (Å²) in [5, 5.41) is 9.88. The van der Waals surface area contributed by atoms with E-state index in [1.165, 1.54) is 0 Å². The molecule has 3 aromatic heterocycles. The van der Waals surface area contributed by atoms with Crippen molar-refractivity contribution in [2.75, 3.05) is 0 Å². The largest absolute Gasteiger partial charge is 0.507 e. The Hall–Kier alpha value is -4.58. The third kappa shape index (κ3) is 6.59. The number of nitrogens with zero attached hydrogens (tertiary/aromatic N) is 5. The molecule has 0 bridgehead atoms. The third-order valence-electron chi connectivity index (χ3n) is 5.32. The number of rotatable bonds is 4. The Morgan fingerprint density at radius 1 is 0.526 bits per heavy atom. The first-order chi connectivity index (χ1) is 18.3. The summed E-state index contributed by atoms with van der Waals surface area (Å²) in [6.07, 6.45) is 6.84. The summed E-state index contributed by atoms with van der Waals surface area (Å²) < 4.78 is 0. The minimum Gasteiger partial charge on any atom is -0.507 e. The Balaban J connectivity index is 0.000000173. The van der Waals surface area contributed by atoms with Gasteiger partial charge in [0.25, 0.3) is 0 Å². The standard InChI is InChI=1S/C17H12NO.C14H9N4.Ir/c19-17-12-5-4-9-14(17)16-11-6-10-15(18-16)13-7-2-1-3-8-13;1-4-11(13-15-6-2-7-16-13)10-12(5-1)14-17-8-3-9-18-14;/h1-7,9-12,19H;1-9H;/q2*-1;. The first-order valence-electron chi connectivity index (χ1n) is 11.6. The molecule has 0 aliphatic heterocycles. The van der Waals surface area contributed by atoms with Crippen molar-refractivity contribution in [2.45, 2.75) is 0 Å². The maximum atomic E-state index is 9.88. The van der Waals surface area contributed by atoms with Gasteiger partial charge in [0.1, 0.15) is 5.75 Å². The topological polar surface area (TPSA) is 84.7 Å². The van der Waals surface area contributed by atoms with Gasteiger partial charge < -0.3 is 5.11 Å². The zero-order valence-corrected chi connectivity index (χ0v) is 22.5. The molecule has 1 radical (unpaired) electrons. The quantitative estimate of drug-likeness (QED) is 0.221. The van der Waals surface area contributed by atoms with Gasteiger partial charge in [-0.3, -0.25) is 24.9 Å². The Bertz CT molecular complexity index is 1530. The molecule has 3 aromatic carbocycles. The van der Waals surface area contributed by atoms with Crippen LogP contribution in [0, 0.1) is 12.1 Å². The second kappa shape index (κ2) is 13.1. The molecule has 0 saturated heterocycles. The first-order valence-corrected chi connectivity index (χ1v) is 11.6. The molecule has 38 heavy (non-hydrogen) atoms. The van der Waals surface area contributed by atoms with Gasteiger partial charge in [-0.2, -0.15) is 0 Å². The van der Waals surface area contributed by atoms with Crippen LogP contribution in [0.2, 0.25) is 0 Å². The third-order valence-corrected chi connectivity index (χ3v) is 5.32. The van der Waals surface area contributed by atoms with Crippen molar-refractivity contribution in [3.63, 3.8) is 0 Å². The molecule has 0 atom stereocenters. The van der Waals surface area contributed by atoms with Gasteiger partial charge in [0.15, 0.2) is 0 Å². The van der Waals surface area contributed by atoms with Gasteiger partial charge in [0.2, 0.25) is 0 Å². The van der Waals surface area contributed by atoms with E-state index in [1.807, 2.05) is 72.8 Å². The maximum Gasteiger partial charge on any atom is 0.124 e. The fourth-order valence-electron chi connectivity index (χ4n) is 3.58. The molecule has 7 heteroatoms. The molecule has 0 unspecified atom stereocenters. The molecule has 187 valence electrons. The number of hydrogen-bond acceptors (Lipinski definition) is 6. The van der Waals surface area contributed by atoms with Crippen LogP contribution in [0.25, 0.3) is 45.3 Å². The SMILES string of the molecule is Oc1ccccc1-c1cccc(-c2[c-]cccc2)n1.[Ir].[c-]1c(-c2ncccn2)cccc1-c1ncccn1. The number of benzene rings is 3. The molecule has 0 spiro atoms. The molecule has 0 aliphatic rings. The molecule has 0 aliphatic carbocycles. The van der Waals surface area contributed by atoms with Crippen molar-refractivity contribution in [3.05, 3.63) is 134 Å². The van der Waals surface area contributed by atoms with E-state index in [9.17, 15) is 5.11 Å². The van der Waals surface area contributed by atoms with E-state index in [2.05, 4.69) is 37.1 Å². The minimum atomic E-state index is 0. The summed E-state index contributed by atoms with van der Waals surface area (Å²) in [5.41, 5.74) is 4.95. The molecule has 6 nitrogen and oxygen atoms in total. The van der Waals surface area contributed by atoms with E-state index < -0.39 is 0 Å². The van der Waals surface area contributed by atoms with Crippen LogP contribution in [0.15, 0.2) is 122 Å². The Morgan fingerprint density at radius 2 is 1.08 bits per heavy atom. The Morgan fingerprint density at radius 3 is 1.68 bits per heavy atom. The van der Waals surface area contributed by atoms with E-state index in [0.717, 1.165) is 33.6 Å². The average Bonchev–Trinajstić information content (AvgIpc) is 2.99. The van der Waals surface area contributed by atoms with Gasteiger partial charge in [-0.1, -0.05) is 35.4 Å². The van der Waals surface area contributed by atoms with Gasteiger partial charge in [-0.25, -0.2) is 0 Å². The minimum absolute atomic E-state index is 0. The molecular weight excluding hydrogens is 651 g/mol. The van der Waals surface area contributed by atoms with Crippen molar-refractivity contribution in [1.29, 1.82) is 0 Å². The van der Waals surface area contributed by atoms with Crippen molar-refractivity contribution >= 4 is 0 Å². The van der Waals surface area contributed by atoms with E-state index in [-0.39, 0.29) is 25.9 Å². The van der Waals surface area contributed by atoms with Crippen molar-refractivity contribution < 1.29 is 25.2 Å². The summed E-state index contributed by atoms with van der Waals surface area (Å²) in [6, 6.07) is 36.4. The van der Waals surface area contributed by atoms with E-state index in [4.69, 9.17) is 0 Å². The number of phenolic OH excluding ortho intramolecular Hbond substituents is 1. The number of aromatic nitrogens is 5. The fraction of sp³-hybridized carbons (Fsp3) is 0. The van der Waals surface area contributed by atoms with Crippen LogP contribution in [0.3, 0.4) is 0 Å². The van der Waals surface area contributed by atoms with Crippen LogP contribution in [0.5, 0.6) is 5.75 Å². The zero-order valence-electron chi connectivity index (χ0n) is 20.1. The maximum absolute atomic E-state index is 9.88. The fourth-order valence-corrected chi connectivity index (χ4v) is 3.58. The molecule has 0 amide bonds. The van der Waals surface area contributed by atoms with Gasteiger partial charge in [0, 0.05) is 50.5 Å². The molecule has 0 saturated carbocycles. The van der Waals surface area contributed by atoms with Crippen LogP contribution in [0.4, 0.5) is 0 Å². The summed E-state index contributed by atoms with van der Waals surface area (Å²) in [6.45, 7) is 0.